The van der Waals surface area contributed by atoms with Crippen LogP contribution in [0.4, 0.5) is 4.79 Å². The third-order valence-electron chi connectivity index (χ3n) is 12.5. The van der Waals surface area contributed by atoms with Gasteiger partial charge in [-0.05, 0) is 107 Å². The molecule has 2 aromatic rings. The summed E-state index contributed by atoms with van der Waals surface area (Å²) in [5, 5.41) is 7.33. The van der Waals surface area contributed by atoms with Crippen LogP contribution in [0.15, 0.2) is 42.6 Å². The van der Waals surface area contributed by atoms with Crippen molar-refractivity contribution in [1.29, 1.82) is 0 Å². The summed E-state index contributed by atoms with van der Waals surface area (Å²) < 4.78 is 45.4. The summed E-state index contributed by atoms with van der Waals surface area (Å²) in [7, 11) is -3.99. The fraction of sp³-hybridized carbons (Fsp3) is 0.634. The standard InChI is InChI=1S/C41H55N5O9S/c1-6-53-29-11-12-31-27(20-29)13-18-42-35(31)55-30-21-32-34(47)44-41(37(49)45-56(51,52)40(5)16-17-40)22-28(41)10-8-7-9-25(2)19-26(3)33(36(48)46(32)23-30)43-38(50)54-24-39(4)14-15-39/h8,10-13,18,20,25-26,28,30,32-33H,6-7,9,14-17,19,21-24H2,1-5H3,(H,43,50)(H,44,47)(H,45,49)/b10-8-/t25-,26+,28+,30+,32-,33-,41+/m0/s1. The molecular formula is C41H55N5O9S. The van der Waals surface area contributed by atoms with E-state index in [2.05, 4.69) is 27.3 Å². The van der Waals surface area contributed by atoms with Crippen molar-refractivity contribution in [1.82, 2.24) is 25.2 Å². The minimum absolute atomic E-state index is 0.00511. The summed E-state index contributed by atoms with van der Waals surface area (Å²) in [4.78, 5) is 62.5. The first-order valence-corrected chi connectivity index (χ1v) is 21.5. The molecule has 3 aliphatic carbocycles. The van der Waals surface area contributed by atoms with Gasteiger partial charge in [0.25, 0.3) is 5.91 Å². The normalized spacial score (nSPS) is 31.3. The topological polar surface area (TPSA) is 182 Å². The largest absolute Gasteiger partial charge is 0.494 e. The van der Waals surface area contributed by atoms with Crippen LogP contribution in [0, 0.1) is 23.2 Å². The number of nitrogens with zero attached hydrogens (tertiary/aromatic N) is 2. The number of pyridine rings is 1. The van der Waals surface area contributed by atoms with Gasteiger partial charge in [0.05, 0.1) is 24.5 Å². The van der Waals surface area contributed by atoms with E-state index in [-0.39, 0.29) is 43.2 Å². The highest BCUT2D eigenvalue weighted by Gasteiger charge is 2.63. The van der Waals surface area contributed by atoms with Crippen molar-refractivity contribution >= 4 is 44.6 Å². The van der Waals surface area contributed by atoms with Gasteiger partial charge in [-0.25, -0.2) is 18.2 Å². The van der Waals surface area contributed by atoms with Gasteiger partial charge in [0.1, 0.15) is 29.5 Å². The number of hydrogen-bond acceptors (Lipinski definition) is 10. The highest BCUT2D eigenvalue weighted by Crippen LogP contribution is 2.48. The molecule has 1 aromatic heterocycles. The molecule has 0 bridgehead atoms. The molecule has 15 heteroatoms. The molecule has 7 atom stereocenters. The van der Waals surface area contributed by atoms with Crippen molar-refractivity contribution in [2.45, 2.75) is 121 Å². The number of ether oxygens (including phenoxy) is 3. The molecule has 4 amide bonds. The van der Waals surface area contributed by atoms with E-state index in [1.54, 1.807) is 13.1 Å². The Morgan fingerprint density at radius 1 is 1.07 bits per heavy atom. The minimum Gasteiger partial charge on any atom is -0.494 e. The lowest BCUT2D eigenvalue weighted by Gasteiger charge is -2.32. The number of fused-ring (bicyclic) bond motifs is 3. The molecule has 1 saturated heterocycles. The average Bonchev–Trinajstić information content (AvgIpc) is 4.11. The quantitative estimate of drug-likeness (QED) is 0.284. The van der Waals surface area contributed by atoms with Crippen LogP contribution < -0.4 is 24.8 Å². The van der Waals surface area contributed by atoms with E-state index in [0.29, 0.717) is 43.9 Å². The Balaban J connectivity index is 1.20. The van der Waals surface area contributed by atoms with Gasteiger partial charge in [0.15, 0.2) is 0 Å². The number of sulfonamides is 1. The van der Waals surface area contributed by atoms with Gasteiger partial charge in [-0.1, -0.05) is 32.9 Å². The van der Waals surface area contributed by atoms with Crippen LogP contribution in [-0.4, -0.2) is 90.3 Å². The summed E-state index contributed by atoms with van der Waals surface area (Å²) in [6.45, 7) is 10.3. The van der Waals surface area contributed by atoms with Gasteiger partial charge in [-0.2, -0.15) is 0 Å². The Hall–Kier alpha value is -4.40. The van der Waals surface area contributed by atoms with Gasteiger partial charge in [-0.15, -0.1) is 0 Å². The predicted octanol–water partition coefficient (Wildman–Crippen LogP) is 4.76. The molecule has 7 rings (SSSR count). The van der Waals surface area contributed by atoms with Gasteiger partial charge >= 0.3 is 6.09 Å². The zero-order valence-corrected chi connectivity index (χ0v) is 33.8. The first kappa shape index (κ1) is 39.8. The summed E-state index contributed by atoms with van der Waals surface area (Å²) in [6.07, 6.45) is 9.23. The molecule has 3 saturated carbocycles. The van der Waals surface area contributed by atoms with Crippen LogP contribution in [0.3, 0.4) is 0 Å². The maximum Gasteiger partial charge on any atom is 0.407 e. The molecule has 3 heterocycles. The average molecular weight is 794 g/mol. The molecule has 4 fully saturated rings. The summed E-state index contributed by atoms with van der Waals surface area (Å²) >= 11 is 0. The second kappa shape index (κ2) is 15.2. The Morgan fingerprint density at radius 2 is 1.84 bits per heavy atom. The summed E-state index contributed by atoms with van der Waals surface area (Å²) in [5.41, 5.74) is -1.58. The predicted molar refractivity (Wildman–Crippen MR) is 208 cm³/mol. The Bertz CT molecular complexity index is 2010. The smallest absolute Gasteiger partial charge is 0.407 e. The molecule has 56 heavy (non-hydrogen) atoms. The number of carbonyl (C=O) groups excluding carboxylic acids is 4. The molecule has 5 aliphatic rings. The Morgan fingerprint density at radius 3 is 2.55 bits per heavy atom. The van der Waals surface area contributed by atoms with Crippen molar-refractivity contribution in [3.05, 3.63) is 42.6 Å². The number of alkyl carbamates (subject to hydrolysis) is 1. The lowest BCUT2D eigenvalue weighted by molar-refractivity contribution is -0.142. The monoisotopic (exact) mass is 793 g/mol. The lowest BCUT2D eigenvalue weighted by atomic mass is 9.88. The summed E-state index contributed by atoms with van der Waals surface area (Å²) in [5.74, 6) is -1.45. The molecule has 2 aliphatic heterocycles. The van der Waals surface area contributed by atoms with E-state index in [0.717, 1.165) is 30.0 Å². The molecule has 304 valence electrons. The van der Waals surface area contributed by atoms with Crippen LogP contribution in [0.2, 0.25) is 0 Å². The van der Waals surface area contributed by atoms with Crippen molar-refractivity contribution in [2.75, 3.05) is 19.8 Å². The number of nitrogens with one attached hydrogen (secondary N) is 3. The molecule has 3 N–H and O–H groups in total. The van der Waals surface area contributed by atoms with E-state index in [4.69, 9.17) is 14.2 Å². The van der Waals surface area contributed by atoms with E-state index < -0.39 is 68.2 Å². The van der Waals surface area contributed by atoms with Crippen molar-refractivity contribution in [2.24, 2.45) is 23.2 Å². The highest BCUT2D eigenvalue weighted by molar-refractivity contribution is 7.91. The third-order valence-corrected chi connectivity index (χ3v) is 14.6. The number of benzene rings is 1. The molecule has 1 aromatic carbocycles. The number of amides is 4. The number of hydrogen-bond donors (Lipinski definition) is 3. The lowest BCUT2D eigenvalue weighted by Crippen LogP contribution is -2.59. The SMILES string of the molecule is CCOc1ccc2c(O[C@@H]3C[C@H]4C(=O)N[C@]5(C(=O)NS(=O)(=O)C6(C)CC6)C[C@H]5/C=C\CC[C@H](C)C[C@@H](C)[C@H](NC(=O)OCC5(C)CC5)C(=O)N4C3)nccc2c1. The first-order valence-electron chi connectivity index (χ1n) is 20.0. The van der Waals surface area contributed by atoms with Crippen LogP contribution >= 0.6 is 0 Å². The molecule has 0 spiro atoms. The second-order valence-electron chi connectivity index (χ2n) is 17.4. The van der Waals surface area contributed by atoms with Crippen LogP contribution in [0.25, 0.3) is 10.8 Å². The molecular weight excluding hydrogens is 739 g/mol. The Kier molecular flexibility index (Phi) is 10.8. The number of allylic oxidation sites excluding steroid dienone is 1. The van der Waals surface area contributed by atoms with Gasteiger partial charge in [0.2, 0.25) is 27.7 Å². The summed E-state index contributed by atoms with van der Waals surface area (Å²) in [6, 6.07) is 5.28. The van der Waals surface area contributed by atoms with Gasteiger partial charge in [-0.3, -0.25) is 19.1 Å². The highest BCUT2D eigenvalue weighted by atomic mass is 32.2. The zero-order valence-electron chi connectivity index (χ0n) is 33.0. The van der Waals surface area contributed by atoms with E-state index in [1.165, 1.54) is 4.90 Å². The number of aromatic nitrogens is 1. The zero-order chi connectivity index (χ0) is 40.0. The maximum atomic E-state index is 14.8. The van der Waals surface area contributed by atoms with Crippen molar-refractivity contribution < 1.29 is 41.8 Å². The van der Waals surface area contributed by atoms with Gasteiger partial charge in [0, 0.05) is 29.3 Å². The van der Waals surface area contributed by atoms with Crippen LogP contribution in [0.5, 0.6) is 11.6 Å². The van der Waals surface area contributed by atoms with Crippen LogP contribution in [0.1, 0.15) is 92.4 Å². The Labute approximate surface area is 328 Å². The fourth-order valence-corrected chi connectivity index (χ4v) is 9.31. The molecule has 0 radical (unpaired) electrons. The van der Waals surface area contributed by atoms with Crippen LogP contribution in [-0.2, 0) is 29.1 Å². The molecule has 14 nitrogen and oxygen atoms in total. The number of carbonyl (C=O) groups is 4. The van der Waals surface area contributed by atoms with Gasteiger partial charge < -0.3 is 29.7 Å². The van der Waals surface area contributed by atoms with Crippen molar-refractivity contribution in [3.8, 4) is 11.6 Å². The second-order valence-corrected chi connectivity index (χ2v) is 19.6. The molecule has 0 unspecified atom stereocenters. The van der Waals surface area contributed by atoms with E-state index >= 15 is 0 Å². The number of rotatable bonds is 10. The minimum atomic E-state index is -3.99. The third kappa shape index (κ3) is 8.33. The fourth-order valence-electron chi connectivity index (χ4n) is 8.00. The van der Waals surface area contributed by atoms with Crippen molar-refractivity contribution in [3.63, 3.8) is 0 Å². The van der Waals surface area contributed by atoms with E-state index in [9.17, 15) is 27.6 Å². The first-order chi connectivity index (χ1) is 26.6. The maximum absolute atomic E-state index is 14.8. The van der Waals surface area contributed by atoms with E-state index in [1.807, 2.05) is 57.2 Å².